The van der Waals surface area contributed by atoms with Crippen LogP contribution in [0.15, 0.2) is 24.5 Å². The molecule has 2 bridgehead atoms. The Kier molecular flexibility index (Phi) is 6.15. The number of anilines is 3. The van der Waals surface area contributed by atoms with Gasteiger partial charge in [-0.1, -0.05) is 0 Å². The third-order valence-corrected chi connectivity index (χ3v) is 6.15. The Morgan fingerprint density at radius 3 is 2.83 bits per heavy atom. The second-order valence-corrected chi connectivity index (χ2v) is 9.07. The first-order valence-corrected chi connectivity index (χ1v) is 11.5. The molecule has 0 aromatic carbocycles. The van der Waals surface area contributed by atoms with Crippen molar-refractivity contribution in [3.63, 3.8) is 0 Å². The quantitative estimate of drug-likeness (QED) is 0.631. The molecule has 5 rings (SSSR count). The van der Waals surface area contributed by atoms with Crippen molar-refractivity contribution in [3.8, 4) is 5.88 Å². The van der Waals surface area contributed by atoms with E-state index in [1.54, 1.807) is 11.0 Å². The predicted octanol–water partition coefficient (Wildman–Crippen LogP) is 2.21. The van der Waals surface area contributed by atoms with Crippen LogP contribution in [-0.2, 0) is 14.2 Å². The number of carbonyl (C=O) groups excluding carboxylic acids is 2. The normalized spacial score (nSPS) is 22.4. The number of nitrogens with zero attached hydrogens (tertiary/aromatic N) is 5. The Morgan fingerprint density at radius 1 is 1.26 bits per heavy atom. The lowest BCUT2D eigenvalue weighted by Crippen LogP contribution is -2.56. The average molecular weight is 485 g/mol. The van der Waals surface area contributed by atoms with Crippen molar-refractivity contribution in [2.24, 2.45) is 0 Å². The molecule has 2 amide bonds. The summed E-state index contributed by atoms with van der Waals surface area (Å²) in [6, 6.07) is 2.95. The topological polar surface area (TPSA) is 128 Å². The highest BCUT2D eigenvalue weighted by atomic mass is 16.7. The molecule has 0 unspecified atom stereocenters. The number of aromatic nitrogens is 3. The lowest BCUT2D eigenvalue weighted by molar-refractivity contribution is -0.141. The molecule has 186 valence electrons. The molecule has 0 saturated carbocycles. The second kappa shape index (κ2) is 9.27. The van der Waals surface area contributed by atoms with Crippen LogP contribution in [0.5, 0.6) is 5.88 Å². The van der Waals surface area contributed by atoms with Crippen LogP contribution in [0.4, 0.5) is 22.1 Å². The number of pyridine rings is 1. The summed E-state index contributed by atoms with van der Waals surface area (Å²) in [6.45, 7) is 5.99. The van der Waals surface area contributed by atoms with Gasteiger partial charge in [0.15, 0.2) is 23.1 Å². The number of hydrogen-bond donors (Lipinski definition) is 1. The number of fused-ring (bicyclic) bond motifs is 4. The number of esters is 1. The molecule has 2 aromatic rings. The first kappa shape index (κ1) is 23.2. The summed E-state index contributed by atoms with van der Waals surface area (Å²) in [4.78, 5) is 42.1. The van der Waals surface area contributed by atoms with Gasteiger partial charge in [-0.2, -0.15) is 0 Å². The van der Waals surface area contributed by atoms with Gasteiger partial charge in [-0.3, -0.25) is 10.2 Å². The number of hydrogen-bond acceptors (Lipinski definition) is 10. The van der Waals surface area contributed by atoms with Gasteiger partial charge in [-0.15, -0.1) is 0 Å². The Bertz CT molecular complexity index is 1110. The molecule has 3 aliphatic heterocycles. The number of nitrogens with one attached hydrogen (secondary N) is 1. The third kappa shape index (κ3) is 4.84. The molecule has 1 N–H and O–H groups in total. The molecule has 12 heteroatoms. The number of piperidine rings is 1. The number of methoxy groups -OCH3 is 1. The summed E-state index contributed by atoms with van der Waals surface area (Å²) in [5.41, 5.74) is 0.950. The van der Waals surface area contributed by atoms with Crippen LogP contribution in [0.1, 0.15) is 37.2 Å². The van der Waals surface area contributed by atoms with Crippen molar-refractivity contribution >= 4 is 29.3 Å². The van der Waals surface area contributed by atoms with Crippen LogP contribution in [0.25, 0.3) is 0 Å². The van der Waals surface area contributed by atoms with E-state index in [1.807, 2.05) is 19.9 Å². The van der Waals surface area contributed by atoms with Crippen molar-refractivity contribution in [2.75, 3.05) is 48.5 Å². The van der Waals surface area contributed by atoms with E-state index in [4.69, 9.17) is 18.9 Å². The van der Waals surface area contributed by atoms with E-state index in [0.29, 0.717) is 24.8 Å². The first-order valence-electron chi connectivity index (χ1n) is 11.5. The Labute approximate surface area is 202 Å². The highest BCUT2D eigenvalue weighted by Crippen LogP contribution is 2.38. The summed E-state index contributed by atoms with van der Waals surface area (Å²) in [5.74, 6) is -0.169. The van der Waals surface area contributed by atoms with E-state index < -0.39 is 17.8 Å². The molecule has 0 aliphatic carbocycles. The lowest BCUT2D eigenvalue weighted by atomic mass is 10.00. The van der Waals surface area contributed by atoms with E-state index in [2.05, 4.69) is 25.2 Å². The molecule has 12 nitrogen and oxygen atoms in total. The number of ether oxygens (including phenoxy) is 4. The minimum absolute atomic E-state index is 0.0786. The van der Waals surface area contributed by atoms with E-state index in [9.17, 15) is 9.59 Å². The van der Waals surface area contributed by atoms with Crippen molar-refractivity contribution in [3.05, 3.63) is 30.2 Å². The molecule has 5 heterocycles. The van der Waals surface area contributed by atoms with Crippen LogP contribution in [0.2, 0.25) is 0 Å². The van der Waals surface area contributed by atoms with Crippen molar-refractivity contribution in [1.29, 1.82) is 0 Å². The summed E-state index contributed by atoms with van der Waals surface area (Å²) < 4.78 is 21.7. The van der Waals surface area contributed by atoms with Crippen molar-refractivity contribution in [2.45, 2.75) is 44.6 Å². The van der Waals surface area contributed by atoms with Gasteiger partial charge in [0.25, 0.3) is 0 Å². The zero-order valence-electron chi connectivity index (χ0n) is 19.9. The van der Waals surface area contributed by atoms with Crippen LogP contribution in [-0.4, -0.2) is 78.3 Å². The van der Waals surface area contributed by atoms with Gasteiger partial charge in [0, 0.05) is 13.1 Å². The third-order valence-electron chi connectivity index (χ3n) is 6.15. The molecule has 2 aromatic heterocycles. The van der Waals surface area contributed by atoms with Gasteiger partial charge >= 0.3 is 12.0 Å². The lowest BCUT2D eigenvalue weighted by Gasteiger charge is -2.45. The van der Waals surface area contributed by atoms with E-state index in [1.165, 1.54) is 19.5 Å². The number of urea groups is 1. The number of amides is 2. The summed E-state index contributed by atoms with van der Waals surface area (Å²) >= 11 is 0. The fourth-order valence-corrected chi connectivity index (χ4v) is 4.55. The monoisotopic (exact) mass is 484 g/mol. The van der Waals surface area contributed by atoms with Gasteiger partial charge in [-0.05, 0) is 38.8 Å². The zero-order chi connectivity index (χ0) is 24.6. The molecule has 0 spiro atoms. The van der Waals surface area contributed by atoms with Gasteiger partial charge in [0.2, 0.25) is 5.88 Å². The smallest absolute Gasteiger partial charge is 0.356 e. The SMILES string of the molecule is COC(=O)c1ccc2c(n1)N(C(=O)Nc1cnc(OC[C@H]3COC(C)(C)O3)cn1)[C@H]1CCCN2C1. The Hall–Kier alpha value is -3.51. The largest absolute Gasteiger partial charge is 0.474 e. The average Bonchev–Trinajstić information content (AvgIpc) is 3.21. The van der Waals surface area contributed by atoms with Crippen LogP contribution in [0, 0.1) is 0 Å². The number of rotatable bonds is 5. The Balaban J connectivity index is 1.28. The highest BCUT2D eigenvalue weighted by molar-refractivity contribution is 6.04. The molecule has 2 saturated heterocycles. The standard InChI is InChI=1S/C23H28N6O6/c1-23(2)34-13-15(35-23)12-33-19-10-24-18(9-25-19)27-22(31)29-14-5-4-8-28(11-14)17-7-6-16(21(30)32-3)26-20(17)29/h6-7,9-10,14-15H,4-5,8,11-13H2,1-3H3,(H,24,27,31)/t14-,15-/m0/s1. The molecular weight excluding hydrogens is 456 g/mol. The van der Waals surface area contributed by atoms with E-state index >= 15 is 0 Å². The maximum Gasteiger partial charge on any atom is 0.356 e. The Morgan fingerprint density at radius 2 is 2.11 bits per heavy atom. The fraction of sp³-hybridized carbons (Fsp3) is 0.522. The maximum absolute atomic E-state index is 13.3. The molecule has 35 heavy (non-hydrogen) atoms. The van der Waals surface area contributed by atoms with E-state index in [0.717, 1.165) is 25.1 Å². The van der Waals surface area contributed by atoms with Crippen LogP contribution in [0.3, 0.4) is 0 Å². The predicted molar refractivity (Wildman–Crippen MR) is 125 cm³/mol. The number of carbonyl (C=O) groups is 2. The molecule has 2 atom stereocenters. The van der Waals surface area contributed by atoms with E-state index in [-0.39, 0.29) is 30.3 Å². The van der Waals surface area contributed by atoms with Gasteiger partial charge in [0.05, 0.1) is 37.8 Å². The summed E-state index contributed by atoms with van der Waals surface area (Å²) in [5, 5.41) is 2.79. The minimum atomic E-state index is -0.622. The fourth-order valence-electron chi connectivity index (χ4n) is 4.55. The summed E-state index contributed by atoms with van der Waals surface area (Å²) in [6.07, 6.45) is 4.46. The second-order valence-electron chi connectivity index (χ2n) is 9.07. The minimum Gasteiger partial charge on any atom is -0.474 e. The molecular formula is C23H28N6O6. The van der Waals surface area contributed by atoms with Gasteiger partial charge in [-0.25, -0.2) is 24.5 Å². The van der Waals surface area contributed by atoms with Crippen LogP contribution >= 0.6 is 0 Å². The first-order chi connectivity index (χ1) is 16.8. The molecule has 3 aliphatic rings. The van der Waals surface area contributed by atoms with Gasteiger partial charge < -0.3 is 23.8 Å². The highest BCUT2D eigenvalue weighted by Gasteiger charge is 2.39. The van der Waals surface area contributed by atoms with Crippen molar-refractivity contribution in [1.82, 2.24) is 15.0 Å². The van der Waals surface area contributed by atoms with Crippen LogP contribution < -0.4 is 19.9 Å². The molecule has 0 radical (unpaired) electrons. The maximum atomic E-state index is 13.3. The molecule has 2 fully saturated rings. The van der Waals surface area contributed by atoms with Crippen molar-refractivity contribution < 1.29 is 28.5 Å². The van der Waals surface area contributed by atoms with Gasteiger partial charge in [0.1, 0.15) is 12.7 Å². The zero-order valence-corrected chi connectivity index (χ0v) is 19.9. The summed E-state index contributed by atoms with van der Waals surface area (Å²) in [7, 11) is 1.30.